The molecule has 3 N–H and O–H groups in total. The van der Waals surface area contributed by atoms with Crippen molar-refractivity contribution in [3.05, 3.63) is 0 Å². The highest BCUT2D eigenvalue weighted by molar-refractivity contribution is 7.80. The van der Waals surface area contributed by atoms with E-state index in [1.807, 2.05) is 0 Å². The van der Waals surface area contributed by atoms with Gasteiger partial charge in [-0.2, -0.15) is 12.6 Å². The van der Waals surface area contributed by atoms with E-state index in [2.05, 4.69) is 12.6 Å². The first kappa shape index (κ1) is 26.1. The van der Waals surface area contributed by atoms with Crippen molar-refractivity contribution in [2.75, 3.05) is 52.0 Å². The third-order valence-electron chi connectivity index (χ3n) is 4.05. The molecule has 0 rings (SSSR count). The first-order valence-electron chi connectivity index (χ1n) is 10.0. The molecule has 0 atom stereocenters. The Morgan fingerprint density at radius 2 is 1.08 bits per heavy atom. The third-order valence-corrected chi connectivity index (χ3v) is 4.36. The molecule has 6 nitrogen and oxygen atoms in total. The molecule has 0 bridgehead atoms. The molecular weight excluding hydrogens is 356 g/mol. The van der Waals surface area contributed by atoms with Crippen molar-refractivity contribution in [1.29, 1.82) is 0 Å². The van der Waals surface area contributed by atoms with Gasteiger partial charge in [0.1, 0.15) is 6.61 Å². The number of rotatable bonds is 21. The summed E-state index contributed by atoms with van der Waals surface area (Å²) >= 11 is 4.21. The maximum Gasteiger partial charge on any atom is 0.186 e. The molecule has 0 amide bonds. The van der Waals surface area contributed by atoms with Crippen LogP contribution in [0.1, 0.15) is 64.2 Å². The zero-order chi connectivity index (χ0) is 19.3. The zero-order valence-electron chi connectivity index (χ0n) is 16.2. The topological polar surface area (TPSA) is 88.4 Å². The van der Waals surface area contributed by atoms with Gasteiger partial charge in [-0.15, -0.1) is 0 Å². The van der Waals surface area contributed by atoms with Crippen molar-refractivity contribution in [3.63, 3.8) is 0 Å². The molecule has 0 heterocycles. The Morgan fingerprint density at radius 3 is 1.62 bits per heavy atom. The van der Waals surface area contributed by atoms with Gasteiger partial charge in [0.25, 0.3) is 0 Å². The average molecular weight is 397 g/mol. The van der Waals surface area contributed by atoms with Crippen molar-refractivity contribution < 1.29 is 29.5 Å². The van der Waals surface area contributed by atoms with E-state index in [0.717, 1.165) is 25.0 Å². The lowest BCUT2D eigenvalue weighted by atomic mass is 10.0. The molecule has 0 aromatic rings. The number of hydrogen-bond acceptors (Lipinski definition) is 7. The maximum atomic E-state index is 9.88. The summed E-state index contributed by atoms with van der Waals surface area (Å²) in [5, 5.41) is 28.3. The van der Waals surface area contributed by atoms with E-state index in [-0.39, 0.29) is 13.2 Å². The van der Waals surface area contributed by atoms with E-state index >= 15 is 0 Å². The van der Waals surface area contributed by atoms with Crippen LogP contribution in [-0.4, -0.2) is 73.1 Å². The predicted octanol–water partition coefficient (Wildman–Crippen LogP) is 2.54. The quantitative estimate of drug-likeness (QED) is 0.135. The fourth-order valence-corrected chi connectivity index (χ4v) is 2.79. The van der Waals surface area contributed by atoms with Crippen LogP contribution in [0.15, 0.2) is 0 Å². The minimum atomic E-state index is -1.75. The Balaban J connectivity index is 3.31. The molecule has 0 fully saturated rings. The van der Waals surface area contributed by atoms with Crippen LogP contribution in [0.5, 0.6) is 0 Å². The fourth-order valence-electron chi connectivity index (χ4n) is 2.57. The lowest BCUT2D eigenvalue weighted by Crippen LogP contribution is -2.34. The zero-order valence-corrected chi connectivity index (χ0v) is 17.1. The summed E-state index contributed by atoms with van der Waals surface area (Å²) in [7, 11) is 0. The van der Waals surface area contributed by atoms with Gasteiger partial charge < -0.3 is 29.5 Å². The van der Waals surface area contributed by atoms with Gasteiger partial charge in [-0.1, -0.05) is 44.9 Å². The van der Waals surface area contributed by atoms with Gasteiger partial charge in [0.15, 0.2) is 5.79 Å². The molecule has 7 heteroatoms. The van der Waals surface area contributed by atoms with Crippen molar-refractivity contribution in [1.82, 2.24) is 0 Å². The van der Waals surface area contributed by atoms with Gasteiger partial charge >= 0.3 is 0 Å². The molecule has 0 aromatic carbocycles. The summed E-state index contributed by atoms with van der Waals surface area (Å²) in [4.78, 5) is 0. The summed E-state index contributed by atoms with van der Waals surface area (Å²) in [5.74, 6) is -0.766. The highest BCUT2D eigenvalue weighted by Crippen LogP contribution is 2.15. The SMILES string of the molecule is OCCOCCOCCOCC(O)(O)CCCCCCCCCCCS. The van der Waals surface area contributed by atoms with Crippen LogP contribution in [0.2, 0.25) is 0 Å². The standard InChI is InChI=1S/C19H40O6S/c20-11-12-23-13-14-24-15-16-25-18-19(21,22)10-8-6-4-2-1-3-5-7-9-17-26/h20-22,26H,1-18H2. The van der Waals surface area contributed by atoms with E-state index in [9.17, 15) is 10.2 Å². The molecule has 26 heavy (non-hydrogen) atoms. The molecule has 0 aliphatic heterocycles. The predicted molar refractivity (Wildman–Crippen MR) is 107 cm³/mol. The number of unbranched alkanes of at least 4 members (excludes halogenated alkanes) is 8. The number of ether oxygens (including phenoxy) is 3. The van der Waals surface area contributed by atoms with Crippen LogP contribution >= 0.6 is 12.6 Å². The summed E-state index contributed by atoms with van der Waals surface area (Å²) < 4.78 is 15.6. The highest BCUT2D eigenvalue weighted by atomic mass is 32.1. The Hall–Kier alpha value is 0.110. The van der Waals surface area contributed by atoms with Gasteiger partial charge in [0.2, 0.25) is 0 Å². The molecule has 0 unspecified atom stereocenters. The minimum absolute atomic E-state index is 0.00884. The normalized spacial score (nSPS) is 12.0. The molecule has 0 aliphatic carbocycles. The van der Waals surface area contributed by atoms with E-state index in [1.54, 1.807) is 0 Å². The van der Waals surface area contributed by atoms with Gasteiger partial charge in [0, 0.05) is 6.42 Å². The third kappa shape index (κ3) is 20.4. The Labute approximate surface area is 164 Å². The lowest BCUT2D eigenvalue weighted by molar-refractivity contribution is -0.204. The van der Waals surface area contributed by atoms with Crippen LogP contribution < -0.4 is 0 Å². The molecule has 0 radical (unpaired) electrons. The molecule has 0 saturated heterocycles. The van der Waals surface area contributed by atoms with E-state index in [0.29, 0.717) is 39.5 Å². The highest BCUT2D eigenvalue weighted by Gasteiger charge is 2.22. The Morgan fingerprint density at radius 1 is 0.615 bits per heavy atom. The van der Waals surface area contributed by atoms with Crippen molar-refractivity contribution in [2.24, 2.45) is 0 Å². The average Bonchev–Trinajstić information content (AvgIpc) is 2.62. The maximum absolute atomic E-state index is 9.88. The van der Waals surface area contributed by atoms with Crippen LogP contribution in [0, 0.1) is 0 Å². The molecule has 0 aromatic heterocycles. The van der Waals surface area contributed by atoms with E-state index < -0.39 is 5.79 Å². The second-order valence-corrected chi connectivity index (χ2v) is 7.09. The second-order valence-electron chi connectivity index (χ2n) is 6.64. The van der Waals surface area contributed by atoms with Gasteiger partial charge in [-0.25, -0.2) is 0 Å². The number of hydrogen-bond donors (Lipinski definition) is 4. The first-order valence-corrected chi connectivity index (χ1v) is 10.7. The fraction of sp³-hybridized carbons (Fsp3) is 1.00. The monoisotopic (exact) mass is 396 g/mol. The summed E-state index contributed by atoms with van der Waals surface area (Å²) in [5.41, 5.74) is 0. The van der Waals surface area contributed by atoms with Crippen LogP contribution in [0.3, 0.4) is 0 Å². The molecule has 0 saturated carbocycles. The Bertz CT molecular complexity index is 279. The lowest BCUT2D eigenvalue weighted by Gasteiger charge is -2.21. The molecule has 158 valence electrons. The summed E-state index contributed by atoms with van der Waals surface area (Å²) in [6.07, 6.45) is 10.9. The van der Waals surface area contributed by atoms with Gasteiger partial charge in [-0.05, 0) is 18.6 Å². The van der Waals surface area contributed by atoms with Crippen LogP contribution in [-0.2, 0) is 14.2 Å². The van der Waals surface area contributed by atoms with Crippen molar-refractivity contribution in [2.45, 2.75) is 70.0 Å². The molecule has 0 spiro atoms. The van der Waals surface area contributed by atoms with E-state index in [1.165, 1.54) is 38.5 Å². The Kier molecular flexibility index (Phi) is 19.9. The van der Waals surface area contributed by atoms with Crippen LogP contribution in [0.25, 0.3) is 0 Å². The van der Waals surface area contributed by atoms with E-state index in [4.69, 9.17) is 19.3 Å². The minimum Gasteiger partial charge on any atom is -0.394 e. The number of aliphatic hydroxyl groups is 3. The largest absolute Gasteiger partial charge is 0.394 e. The number of thiol groups is 1. The van der Waals surface area contributed by atoms with Gasteiger partial charge in [-0.3, -0.25) is 0 Å². The van der Waals surface area contributed by atoms with Gasteiger partial charge in [0.05, 0.1) is 39.6 Å². The van der Waals surface area contributed by atoms with Crippen molar-refractivity contribution in [3.8, 4) is 0 Å². The summed E-state index contributed by atoms with van der Waals surface area (Å²) in [6, 6.07) is 0. The summed E-state index contributed by atoms with van der Waals surface area (Å²) in [6.45, 7) is 1.79. The second kappa shape index (κ2) is 19.9. The number of aliphatic hydroxyl groups excluding tert-OH is 1. The van der Waals surface area contributed by atoms with Crippen LogP contribution in [0.4, 0.5) is 0 Å². The first-order chi connectivity index (χ1) is 12.6. The smallest absolute Gasteiger partial charge is 0.186 e. The molecular formula is C19H40O6S. The van der Waals surface area contributed by atoms with Crippen molar-refractivity contribution >= 4 is 12.6 Å². The molecule has 0 aliphatic rings.